The van der Waals surface area contributed by atoms with Gasteiger partial charge < -0.3 is 24.7 Å². The van der Waals surface area contributed by atoms with Gasteiger partial charge in [-0.2, -0.15) is 0 Å². The average Bonchev–Trinajstić information content (AvgIpc) is 2.76. The van der Waals surface area contributed by atoms with E-state index in [9.17, 15) is 14.4 Å². The molecule has 0 atom stereocenters. The molecule has 16 heteroatoms. The van der Waals surface area contributed by atoms with Gasteiger partial charge in [-0.25, -0.2) is 4.79 Å². The number of anilines is 2. The van der Waals surface area contributed by atoms with Crippen LogP contribution in [0.1, 0.15) is 19.8 Å². The number of benzene rings is 2. The van der Waals surface area contributed by atoms with Crippen molar-refractivity contribution >= 4 is 100 Å². The number of amides is 2. The molecule has 2 amide bonds. The van der Waals surface area contributed by atoms with E-state index in [0.717, 1.165) is 13.0 Å². The number of fused-ring (bicyclic) bond motifs is 2. The van der Waals surface area contributed by atoms with Crippen molar-refractivity contribution in [3.63, 3.8) is 0 Å². The van der Waals surface area contributed by atoms with Gasteiger partial charge in [0.25, 0.3) is 0 Å². The molecule has 3 rings (SSSR count). The fourth-order valence-corrected chi connectivity index (χ4v) is 5.69. The molecule has 0 spiro atoms. The standard InChI is InChI=1S/C21H29N3O4SSi.6ClH.Sb/c1-2-28-30(26,27)16-8-14-23-21(25)22-13-7-15-24-17-9-3-5-11-19(17)29-20-12-6-4-10-18(20)24;;;;;;;/h3-6,9-12,26-27H,2,7-8,13-16H2,1H3,(H2,22,23,25);6*1H;/q+1;;;;;;;+5/p-6. The number of nitrogens with zero attached hydrogens (tertiary/aromatic N) is 1. The summed E-state index contributed by atoms with van der Waals surface area (Å²) in [6.07, 6.45) is 1.26. The Morgan fingerprint density at radius 1 is 0.919 bits per heavy atom. The van der Waals surface area contributed by atoms with E-state index < -0.39 is 17.9 Å². The molecule has 0 saturated carbocycles. The van der Waals surface area contributed by atoms with E-state index in [4.69, 9.17) is 57.4 Å². The summed E-state index contributed by atoms with van der Waals surface area (Å²) in [7, 11) is 21.4. The van der Waals surface area contributed by atoms with Crippen molar-refractivity contribution < 1.29 is 18.8 Å². The van der Waals surface area contributed by atoms with Crippen LogP contribution in [0.5, 0.6) is 0 Å². The molecule has 0 unspecified atom stereocenters. The summed E-state index contributed by atoms with van der Waals surface area (Å²) in [5.74, 6) is 0. The summed E-state index contributed by atoms with van der Waals surface area (Å²) in [4.78, 5) is 36.0. The van der Waals surface area contributed by atoms with Crippen LogP contribution in [-0.4, -0.2) is 59.8 Å². The van der Waals surface area contributed by atoms with E-state index in [1.54, 1.807) is 18.7 Å². The summed E-state index contributed by atoms with van der Waals surface area (Å²) < 4.78 is 4.94. The molecular weight excluding hydrogens is 753 g/mol. The summed E-state index contributed by atoms with van der Waals surface area (Å²) in [5.41, 5.74) is 2.39. The summed E-state index contributed by atoms with van der Waals surface area (Å²) in [6, 6.07) is 16.7. The molecule has 1 heterocycles. The molecule has 2 aromatic rings. The summed E-state index contributed by atoms with van der Waals surface area (Å²) in [6.45, 7) is 3.72. The van der Waals surface area contributed by atoms with Gasteiger partial charge in [0.05, 0.1) is 9.79 Å². The Balaban J connectivity index is 0.000000604. The maximum absolute atomic E-state index is 12.0. The first-order valence-corrected chi connectivity index (χ1v) is 33.5. The molecule has 1 aliphatic rings. The summed E-state index contributed by atoms with van der Waals surface area (Å²) in [5, 5.41) is 5.61. The number of para-hydroxylation sites is 2. The molecule has 0 bridgehead atoms. The normalized spacial score (nSPS) is 15.3. The van der Waals surface area contributed by atoms with E-state index in [-0.39, 0.29) is 18.7 Å². The van der Waals surface area contributed by atoms with Gasteiger partial charge in [-0.05, 0) is 25.5 Å². The first-order valence-electron chi connectivity index (χ1n) is 11.3. The van der Waals surface area contributed by atoms with Gasteiger partial charge in [-0.15, -0.1) is 0 Å². The van der Waals surface area contributed by atoms with E-state index in [1.165, 1.54) is 21.2 Å². The van der Waals surface area contributed by atoms with Crippen LogP contribution < -0.4 is 15.5 Å². The molecule has 0 aromatic heterocycles. The van der Waals surface area contributed by atoms with Gasteiger partial charge in [-0.1, -0.05) is 40.9 Å². The zero-order valence-corrected chi connectivity index (χ0v) is 28.8. The van der Waals surface area contributed by atoms with E-state index in [0.29, 0.717) is 19.5 Å². The number of urea groups is 1. The Morgan fingerprint density at radius 3 is 1.86 bits per heavy atom. The van der Waals surface area contributed by atoms with Gasteiger partial charge >= 0.3 is 77.0 Å². The van der Waals surface area contributed by atoms with E-state index in [1.807, 2.05) is 12.1 Å². The molecule has 209 valence electrons. The minimum atomic E-state index is -5.42. The second kappa shape index (κ2) is 13.6. The third-order valence-corrected chi connectivity index (χ3v) is 7.60. The van der Waals surface area contributed by atoms with Crippen LogP contribution in [0, 0.1) is 0 Å². The Bertz CT molecular complexity index is 1010. The van der Waals surface area contributed by atoms with Crippen molar-refractivity contribution in [3.8, 4) is 0 Å². The van der Waals surface area contributed by atoms with Crippen LogP contribution in [-0.2, 0) is 4.43 Å². The Kier molecular flexibility index (Phi) is 12.4. The van der Waals surface area contributed by atoms with Crippen LogP contribution in [0.2, 0.25) is 6.04 Å². The van der Waals surface area contributed by atoms with E-state index in [2.05, 4.69) is 51.9 Å². The van der Waals surface area contributed by atoms with Gasteiger partial charge in [0, 0.05) is 44.3 Å². The molecule has 0 fully saturated rings. The number of carbonyl (C=O) groups is 1. The van der Waals surface area contributed by atoms with Crippen LogP contribution in [0.3, 0.4) is 0 Å². The molecule has 37 heavy (non-hydrogen) atoms. The van der Waals surface area contributed by atoms with Gasteiger partial charge in [0.15, 0.2) is 0 Å². The molecule has 0 saturated heterocycles. The number of nitrogens with one attached hydrogen (secondary N) is 2. The van der Waals surface area contributed by atoms with Crippen LogP contribution in [0.25, 0.3) is 0 Å². The number of carbonyl (C=O) groups excluding carboxylic acids is 1. The predicted octanol–water partition coefficient (Wildman–Crippen LogP) is 7.05. The van der Waals surface area contributed by atoms with Crippen LogP contribution >= 0.6 is 64.7 Å². The van der Waals surface area contributed by atoms with Crippen molar-refractivity contribution in [2.75, 3.05) is 26.2 Å². The Hall–Kier alpha value is 0.675. The fourth-order valence-electron chi connectivity index (χ4n) is 3.35. The van der Waals surface area contributed by atoms with E-state index >= 15 is 0 Å². The number of hydrogen-bond acceptors (Lipinski definition) is 6. The van der Waals surface area contributed by atoms with Crippen LogP contribution in [0.4, 0.5) is 16.2 Å². The third-order valence-electron chi connectivity index (χ3n) is 4.72. The topological polar surface area (TPSA) is 96.7 Å². The molecule has 1 aliphatic heterocycles. The van der Waals surface area contributed by atoms with Gasteiger partial charge in [0.1, 0.15) is 6.54 Å². The monoisotopic (exact) mass is 778 g/mol. The van der Waals surface area contributed by atoms with Crippen LogP contribution in [0.15, 0.2) is 58.3 Å². The van der Waals surface area contributed by atoms with Gasteiger partial charge in [0.2, 0.25) is 11.4 Å². The van der Waals surface area contributed by atoms with Gasteiger partial charge in [-0.3, -0.25) is 0 Å². The number of rotatable bonds is 10. The van der Waals surface area contributed by atoms with Crippen molar-refractivity contribution in [1.82, 2.24) is 15.5 Å². The molecule has 4 N–H and O–H groups in total. The second-order valence-corrected chi connectivity index (χ2v) is 68.2. The Labute approximate surface area is 242 Å². The molecular formula is C21H29Cl6N3O4SSbSi. The summed E-state index contributed by atoms with van der Waals surface area (Å²) >= 11 is 1.78. The molecule has 2 aromatic carbocycles. The molecule has 7 nitrogen and oxygen atoms in total. The van der Waals surface area contributed by atoms with Crippen molar-refractivity contribution in [2.24, 2.45) is 0 Å². The van der Waals surface area contributed by atoms with Crippen molar-refractivity contribution in [3.05, 3.63) is 48.5 Å². The maximum atomic E-state index is 12.0. The molecule has 1 radical (unpaired) electrons. The van der Waals surface area contributed by atoms with Crippen molar-refractivity contribution in [1.29, 1.82) is 0 Å². The molecule has 0 aliphatic carbocycles. The average molecular weight is 782 g/mol. The zero-order valence-electron chi connectivity index (χ0n) is 19.8. The predicted molar refractivity (Wildman–Crippen MR) is 161 cm³/mol. The number of hydrogen-bond donors (Lipinski definition) is 4. The number of halogens is 6. The third kappa shape index (κ3) is 15.3. The first-order chi connectivity index (χ1) is 16.9. The fraction of sp³-hybridized carbons (Fsp3) is 0.381. The first kappa shape index (κ1) is 33.9. The SMILES string of the molecule is CCO[Si](O)(O)CCCNC(=O)NCCC[N+]1c2ccccc2Sc2ccccc21.[Cl][Sb-]([Cl])([Cl])([Cl])([Cl])[Cl]. The Morgan fingerprint density at radius 2 is 1.38 bits per heavy atom. The van der Waals surface area contributed by atoms with Crippen molar-refractivity contribution in [2.45, 2.75) is 35.6 Å². The quantitative estimate of drug-likeness (QED) is 0.118. The second-order valence-electron chi connectivity index (χ2n) is 7.96. The minimum absolute atomic E-state index is 0.174. The zero-order chi connectivity index (χ0) is 27.8.